The Morgan fingerprint density at radius 1 is 1.24 bits per heavy atom. The number of fused-ring (bicyclic) bond motifs is 4. The van der Waals surface area contributed by atoms with Gasteiger partial charge in [0, 0.05) is 31.4 Å². The summed E-state index contributed by atoms with van der Waals surface area (Å²) in [6.45, 7) is 1.02. The van der Waals surface area contributed by atoms with Crippen LogP contribution >= 0.6 is 0 Å². The van der Waals surface area contributed by atoms with Gasteiger partial charge in [-0.2, -0.15) is 0 Å². The number of hydrogen-bond acceptors (Lipinski definition) is 8. The number of anilines is 3. The first-order valence-corrected chi connectivity index (χ1v) is 11.1. The first-order chi connectivity index (χ1) is 16.0. The maximum Gasteiger partial charge on any atom is 0.329 e. The van der Waals surface area contributed by atoms with Crippen LogP contribution < -0.4 is 25.2 Å². The van der Waals surface area contributed by atoms with Gasteiger partial charge < -0.3 is 25.2 Å². The molecule has 3 amide bonds. The summed E-state index contributed by atoms with van der Waals surface area (Å²) in [7, 11) is 0. The van der Waals surface area contributed by atoms with E-state index in [1.807, 2.05) is 6.07 Å². The Bertz CT molecular complexity index is 1060. The second-order valence-electron chi connectivity index (χ2n) is 8.50. The Balaban J connectivity index is 1.36. The highest BCUT2D eigenvalue weighted by Gasteiger charge is 2.40. The molecular weight excluding hydrogens is 428 g/mol. The van der Waals surface area contributed by atoms with Gasteiger partial charge in [-0.15, -0.1) is 0 Å². The van der Waals surface area contributed by atoms with Crippen molar-refractivity contribution in [1.29, 1.82) is 0 Å². The highest BCUT2D eigenvalue weighted by atomic mass is 16.5. The molecule has 0 unspecified atom stereocenters. The average molecular weight is 454 g/mol. The number of hydrogen-bond donors (Lipinski definition) is 4. The van der Waals surface area contributed by atoms with Crippen molar-refractivity contribution in [3.05, 3.63) is 36.2 Å². The molecule has 4 heterocycles. The van der Waals surface area contributed by atoms with Crippen LogP contribution in [-0.2, 0) is 0 Å². The molecule has 1 aliphatic carbocycles. The lowest BCUT2D eigenvalue weighted by molar-refractivity contribution is 0.0536. The highest BCUT2D eigenvalue weighted by Crippen LogP contribution is 2.39. The molecule has 2 aromatic heterocycles. The molecule has 0 spiro atoms. The monoisotopic (exact) mass is 454 g/mol. The van der Waals surface area contributed by atoms with E-state index < -0.39 is 18.7 Å². The van der Waals surface area contributed by atoms with E-state index in [1.54, 1.807) is 23.1 Å². The van der Waals surface area contributed by atoms with Crippen molar-refractivity contribution in [3.8, 4) is 5.75 Å². The van der Waals surface area contributed by atoms with E-state index in [0.29, 0.717) is 18.1 Å². The number of nitrogens with one attached hydrogen (secondary N) is 2. The van der Waals surface area contributed by atoms with Crippen molar-refractivity contribution in [2.45, 2.75) is 37.5 Å². The van der Waals surface area contributed by atoms with E-state index in [-0.39, 0.29) is 36.1 Å². The molecule has 1 saturated carbocycles. The van der Waals surface area contributed by atoms with Crippen molar-refractivity contribution >= 4 is 29.3 Å². The normalized spacial score (nSPS) is 19.6. The minimum atomic E-state index is -0.997. The minimum Gasteiger partial charge on any atom is -0.491 e. The second-order valence-corrected chi connectivity index (χ2v) is 8.50. The van der Waals surface area contributed by atoms with Crippen molar-refractivity contribution in [3.63, 3.8) is 0 Å². The summed E-state index contributed by atoms with van der Waals surface area (Å²) in [4.78, 5) is 38.4. The Hall–Kier alpha value is -3.44. The van der Waals surface area contributed by atoms with E-state index in [0.717, 1.165) is 31.5 Å². The number of amides is 3. The summed E-state index contributed by atoms with van der Waals surface area (Å²) in [6.07, 6.45) is 3.24. The van der Waals surface area contributed by atoms with Crippen molar-refractivity contribution < 1.29 is 24.5 Å². The van der Waals surface area contributed by atoms with E-state index in [4.69, 9.17) is 9.84 Å². The van der Waals surface area contributed by atoms with Gasteiger partial charge in [-0.25, -0.2) is 14.8 Å². The van der Waals surface area contributed by atoms with Crippen LogP contribution in [0.1, 0.15) is 29.8 Å². The zero-order valence-corrected chi connectivity index (χ0v) is 18.0. The molecule has 2 atom stereocenters. The van der Waals surface area contributed by atoms with E-state index in [9.17, 15) is 14.7 Å². The number of rotatable bonds is 7. The molecule has 1 saturated heterocycles. The summed E-state index contributed by atoms with van der Waals surface area (Å²) < 4.78 is 5.43. The Kier molecular flexibility index (Phi) is 5.73. The van der Waals surface area contributed by atoms with Crippen LogP contribution in [0.2, 0.25) is 0 Å². The predicted octanol–water partition coefficient (Wildman–Crippen LogP) is 0.732. The summed E-state index contributed by atoms with van der Waals surface area (Å²) in [5, 5.41) is 24.1. The van der Waals surface area contributed by atoms with E-state index in [1.165, 1.54) is 6.20 Å². The SMILES string of the molecule is O=C(NC1CC1)c1ccc2c(n1)N(C(=O)Nc1cc(OC[C@H](O)CO)ccn1)[C@H]1CCN2C1. The quantitative estimate of drug-likeness (QED) is 0.480. The molecule has 33 heavy (non-hydrogen) atoms. The molecule has 2 aromatic rings. The van der Waals surface area contributed by atoms with Crippen LogP contribution in [0.3, 0.4) is 0 Å². The summed E-state index contributed by atoms with van der Waals surface area (Å²) in [5.41, 5.74) is 1.11. The van der Waals surface area contributed by atoms with Crippen LogP contribution in [0.15, 0.2) is 30.5 Å². The first kappa shape index (κ1) is 21.4. The van der Waals surface area contributed by atoms with E-state index in [2.05, 4.69) is 25.5 Å². The van der Waals surface area contributed by atoms with Gasteiger partial charge in [0.2, 0.25) is 0 Å². The van der Waals surface area contributed by atoms with Crippen molar-refractivity contribution in [2.75, 3.05) is 41.4 Å². The Morgan fingerprint density at radius 3 is 2.88 bits per heavy atom. The zero-order valence-electron chi connectivity index (χ0n) is 18.0. The second kappa shape index (κ2) is 8.83. The minimum absolute atomic E-state index is 0.0640. The maximum atomic E-state index is 13.3. The van der Waals surface area contributed by atoms with Crippen LogP contribution in [-0.4, -0.2) is 76.6 Å². The molecule has 3 aliphatic rings. The third-order valence-corrected chi connectivity index (χ3v) is 5.94. The fraction of sp³-hybridized carbons (Fsp3) is 0.455. The third kappa shape index (κ3) is 4.55. The number of aliphatic hydroxyl groups excluding tert-OH is 2. The Labute approximate surface area is 190 Å². The molecule has 11 nitrogen and oxygen atoms in total. The first-order valence-electron chi connectivity index (χ1n) is 11.1. The van der Waals surface area contributed by atoms with Crippen LogP contribution in [0.5, 0.6) is 5.75 Å². The lowest BCUT2D eigenvalue weighted by Gasteiger charge is -2.35. The molecule has 2 aliphatic heterocycles. The van der Waals surface area contributed by atoms with Crippen LogP contribution in [0, 0.1) is 0 Å². The lowest BCUT2D eigenvalue weighted by atomic mass is 10.1. The molecule has 0 radical (unpaired) electrons. The molecule has 2 bridgehead atoms. The number of pyridine rings is 2. The fourth-order valence-electron chi connectivity index (χ4n) is 4.07. The maximum absolute atomic E-state index is 13.3. The van der Waals surface area contributed by atoms with Gasteiger partial charge in [-0.3, -0.25) is 15.0 Å². The predicted molar refractivity (Wildman–Crippen MR) is 120 cm³/mol. The largest absolute Gasteiger partial charge is 0.491 e. The third-order valence-electron chi connectivity index (χ3n) is 5.94. The van der Waals surface area contributed by atoms with Crippen molar-refractivity contribution in [1.82, 2.24) is 15.3 Å². The van der Waals surface area contributed by atoms with Gasteiger partial charge in [-0.1, -0.05) is 0 Å². The van der Waals surface area contributed by atoms with Gasteiger partial charge in [0.15, 0.2) is 5.82 Å². The number of aliphatic hydroxyl groups is 2. The molecular formula is C22H26N6O5. The van der Waals surface area contributed by atoms with Gasteiger partial charge >= 0.3 is 6.03 Å². The zero-order chi connectivity index (χ0) is 22.9. The van der Waals surface area contributed by atoms with Gasteiger partial charge in [0.25, 0.3) is 5.91 Å². The number of ether oxygens (including phenoxy) is 1. The molecule has 5 rings (SSSR count). The van der Waals surface area contributed by atoms with Gasteiger partial charge in [0.05, 0.1) is 18.3 Å². The number of nitrogens with zero attached hydrogens (tertiary/aromatic N) is 4. The molecule has 174 valence electrons. The average Bonchev–Trinajstić information content (AvgIpc) is 3.55. The lowest BCUT2D eigenvalue weighted by Crippen LogP contribution is -2.48. The number of urea groups is 1. The van der Waals surface area contributed by atoms with Gasteiger partial charge in [-0.05, 0) is 37.5 Å². The Morgan fingerprint density at radius 2 is 2.09 bits per heavy atom. The van der Waals surface area contributed by atoms with E-state index >= 15 is 0 Å². The molecule has 4 N–H and O–H groups in total. The fourth-order valence-corrected chi connectivity index (χ4v) is 4.07. The number of carbonyl (C=O) groups is 2. The summed E-state index contributed by atoms with van der Waals surface area (Å²) >= 11 is 0. The van der Waals surface area contributed by atoms with Crippen LogP contribution in [0.25, 0.3) is 0 Å². The standard InChI is InChI=1S/C22H26N6O5/c29-11-15(30)12-33-16-5-7-23-19(9-16)26-22(32)28-14-6-8-27(10-14)18-4-3-17(25-20(18)28)21(31)24-13-1-2-13/h3-5,7,9,13-15,29-30H,1-2,6,8,10-12H2,(H,24,31)(H,23,26,32)/t14-,15+/m0/s1. The van der Waals surface area contributed by atoms with Crippen LogP contribution in [0.4, 0.5) is 22.1 Å². The van der Waals surface area contributed by atoms with Gasteiger partial charge in [0.1, 0.15) is 30.0 Å². The topological polar surface area (TPSA) is 140 Å². The summed E-state index contributed by atoms with van der Waals surface area (Å²) in [5.74, 6) is 0.907. The summed E-state index contributed by atoms with van der Waals surface area (Å²) in [6, 6.07) is 6.45. The molecule has 2 fully saturated rings. The molecule has 11 heteroatoms. The number of carbonyl (C=O) groups excluding carboxylic acids is 2. The number of aromatic nitrogens is 2. The smallest absolute Gasteiger partial charge is 0.329 e. The molecule has 0 aromatic carbocycles. The van der Waals surface area contributed by atoms with Crippen molar-refractivity contribution in [2.24, 2.45) is 0 Å². The highest BCUT2D eigenvalue weighted by molar-refractivity contribution is 6.05.